The van der Waals surface area contributed by atoms with Crippen LogP contribution in [0.1, 0.15) is 13.8 Å². The highest BCUT2D eigenvalue weighted by Crippen LogP contribution is 2.20. The first kappa shape index (κ1) is 12.7. The number of nitrogens with one attached hydrogen (secondary N) is 1. The Morgan fingerprint density at radius 2 is 2.12 bits per heavy atom. The summed E-state index contributed by atoms with van der Waals surface area (Å²) in [6.45, 7) is 7.59. The summed E-state index contributed by atoms with van der Waals surface area (Å²) in [7, 11) is 0. The molecular formula is C14H19BrN2. The van der Waals surface area contributed by atoms with E-state index in [0.717, 1.165) is 24.1 Å². The van der Waals surface area contributed by atoms with Gasteiger partial charge in [0.05, 0.1) is 0 Å². The number of aromatic nitrogens is 1. The molecule has 0 aliphatic heterocycles. The van der Waals surface area contributed by atoms with Crippen LogP contribution < -0.4 is 5.32 Å². The van der Waals surface area contributed by atoms with E-state index in [4.69, 9.17) is 0 Å². The minimum atomic E-state index is 0.713. The van der Waals surface area contributed by atoms with Crippen LogP contribution in [0.2, 0.25) is 0 Å². The van der Waals surface area contributed by atoms with E-state index in [9.17, 15) is 0 Å². The van der Waals surface area contributed by atoms with E-state index in [2.05, 4.69) is 70.1 Å². The van der Waals surface area contributed by atoms with Crippen molar-refractivity contribution in [2.24, 2.45) is 5.92 Å². The lowest BCUT2D eigenvalue weighted by Crippen LogP contribution is -2.23. The Morgan fingerprint density at radius 3 is 2.88 bits per heavy atom. The van der Waals surface area contributed by atoms with Crippen LogP contribution >= 0.6 is 15.9 Å². The van der Waals surface area contributed by atoms with Gasteiger partial charge in [0, 0.05) is 29.3 Å². The van der Waals surface area contributed by atoms with Gasteiger partial charge in [-0.15, -0.1) is 0 Å². The first-order valence-corrected chi connectivity index (χ1v) is 6.91. The van der Waals surface area contributed by atoms with Crippen molar-refractivity contribution in [3.05, 3.63) is 34.9 Å². The Bertz CT molecular complexity index is 488. The van der Waals surface area contributed by atoms with Crippen LogP contribution in [0.15, 0.2) is 34.9 Å². The first-order valence-electron chi connectivity index (χ1n) is 6.12. The number of rotatable bonds is 5. The fraction of sp³-hybridized carbons (Fsp3) is 0.429. The Morgan fingerprint density at radius 1 is 1.29 bits per heavy atom. The van der Waals surface area contributed by atoms with E-state index >= 15 is 0 Å². The van der Waals surface area contributed by atoms with E-state index < -0.39 is 0 Å². The van der Waals surface area contributed by atoms with Gasteiger partial charge >= 0.3 is 0 Å². The topological polar surface area (TPSA) is 17.0 Å². The molecule has 0 amide bonds. The predicted octanol–water partition coefficient (Wildman–Crippen LogP) is 3.65. The molecule has 17 heavy (non-hydrogen) atoms. The molecule has 0 saturated carbocycles. The first-order chi connectivity index (χ1) is 8.16. The molecule has 3 heteroatoms. The molecular weight excluding hydrogens is 276 g/mol. The van der Waals surface area contributed by atoms with E-state index in [0.29, 0.717) is 5.92 Å². The summed E-state index contributed by atoms with van der Waals surface area (Å²) in [6.07, 6.45) is 2.16. The fourth-order valence-electron chi connectivity index (χ4n) is 1.94. The molecule has 1 heterocycles. The molecule has 0 spiro atoms. The standard InChI is InChI=1S/C14H19BrN2/c1-11(2)10-16-6-8-17-7-5-12-3-4-13(15)9-14(12)17/h3-5,7,9,11,16H,6,8,10H2,1-2H3. The minimum Gasteiger partial charge on any atom is -0.346 e. The molecule has 0 fully saturated rings. The minimum absolute atomic E-state index is 0.713. The van der Waals surface area contributed by atoms with Crippen LogP contribution in [-0.2, 0) is 6.54 Å². The van der Waals surface area contributed by atoms with Crippen molar-refractivity contribution >= 4 is 26.8 Å². The molecule has 1 aromatic carbocycles. The van der Waals surface area contributed by atoms with Crippen molar-refractivity contribution in [2.75, 3.05) is 13.1 Å². The molecule has 0 bridgehead atoms. The highest BCUT2D eigenvalue weighted by atomic mass is 79.9. The second-order valence-corrected chi connectivity index (χ2v) is 5.73. The largest absolute Gasteiger partial charge is 0.346 e. The van der Waals surface area contributed by atoms with E-state index in [1.54, 1.807) is 0 Å². The van der Waals surface area contributed by atoms with Gasteiger partial charge in [0.15, 0.2) is 0 Å². The zero-order valence-corrected chi connectivity index (χ0v) is 12.0. The summed E-state index contributed by atoms with van der Waals surface area (Å²) in [5, 5.41) is 4.77. The molecule has 2 aromatic rings. The SMILES string of the molecule is CC(C)CNCCn1ccc2ccc(Br)cc21. The third-order valence-corrected chi connectivity index (χ3v) is 3.31. The highest BCUT2D eigenvalue weighted by molar-refractivity contribution is 9.10. The van der Waals surface area contributed by atoms with Crippen LogP contribution in [0.5, 0.6) is 0 Å². The fourth-order valence-corrected chi connectivity index (χ4v) is 2.29. The molecule has 0 radical (unpaired) electrons. The van der Waals surface area contributed by atoms with E-state index in [1.165, 1.54) is 10.9 Å². The monoisotopic (exact) mass is 294 g/mol. The second kappa shape index (κ2) is 5.69. The van der Waals surface area contributed by atoms with Crippen LogP contribution in [0, 0.1) is 5.92 Å². The maximum absolute atomic E-state index is 3.52. The maximum atomic E-state index is 3.52. The molecule has 92 valence electrons. The molecule has 2 rings (SSSR count). The quantitative estimate of drug-likeness (QED) is 0.833. The van der Waals surface area contributed by atoms with Gasteiger partial charge in [0.1, 0.15) is 0 Å². The average Bonchev–Trinajstić information content (AvgIpc) is 2.67. The molecule has 1 N–H and O–H groups in total. The lowest BCUT2D eigenvalue weighted by molar-refractivity contribution is 0.529. The molecule has 2 nitrogen and oxygen atoms in total. The smallest absolute Gasteiger partial charge is 0.0492 e. The van der Waals surface area contributed by atoms with Gasteiger partial charge < -0.3 is 9.88 Å². The molecule has 0 saturated heterocycles. The average molecular weight is 295 g/mol. The zero-order chi connectivity index (χ0) is 12.3. The molecule has 0 aliphatic carbocycles. The molecule has 1 aromatic heterocycles. The summed E-state index contributed by atoms with van der Waals surface area (Å²) in [4.78, 5) is 0. The van der Waals surface area contributed by atoms with Gasteiger partial charge in [-0.1, -0.05) is 35.8 Å². The normalized spacial score (nSPS) is 11.5. The number of halogens is 1. The summed E-state index contributed by atoms with van der Waals surface area (Å²) in [5.74, 6) is 0.713. The van der Waals surface area contributed by atoms with Gasteiger partial charge in [-0.05, 0) is 36.0 Å². The van der Waals surface area contributed by atoms with E-state index in [1.807, 2.05) is 0 Å². The van der Waals surface area contributed by atoms with Gasteiger partial charge in [0.2, 0.25) is 0 Å². The van der Waals surface area contributed by atoms with Gasteiger partial charge in [0.25, 0.3) is 0 Å². The van der Waals surface area contributed by atoms with Gasteiger partial charge in [-0.3, -0.25) is 0 Å². The maximum Gasteiger partial charge on any atom is 0.0492 e. The Labute approximate surface area is 111 Å². The molecule has 0 aliphatic rings. The summed E-state index contributed by atoms with van der Waals surface area (Å²) in [5.41, 5.74) is 1.30. The van der Waals surface area contributed by atoms with Crippen molar-refractivity contribution in [3.8, 4) is 0 Å². The Balaban J connectivity index is 2.01. The van der Waals surface area contributed by atoms with Crippen molar-refractivity contribution in [1.29, 1.82) is 0 Å². The van der Waals surface area contributed by atoms with Crippen molar-refractivity contribution in [2.45, 2.75) is 20.4 Å². The summed E-state index contributed by atoms with van der Waals surface area (Å²) in [6, 6.07) is 8.59. The predicted molar refractivity (Wildman–Crippen MR) is 77.3 cm³/mol. The summed E-state index contributed by atoms with van der Waals surface area (Å²) < 4.78 is 3.44. The second-order valence-electron chi connectivity index (χ2n) is 4.81. The van der Waals surface area contributed by atoms with Crippen LogP contribution in [0.25, 0.3) is 10.9 Å². The molecule has 0 atom stereocenters. The van der Waals surface area contributed by atoms with Gasteiger partial charge in [-0.2, -0.15) is 0 Å². The highest BCUT2D eigenvalue weighted by Gasteiger charge is 2.01. The van der Waals surface area contributed by atoms with Gasteiger partial charge in [-0.25, -0.2) is 0 Å². The van der Waals surface area contributed by atoms with Crippen molar-refractivity contribution in [3.63, 3.8) is 0 Å². The van der Waals surface area contributed by atoms with Crippen LogP contribution in [-0.4, -0.2) is 17.7 Å². The van der Waals surface area contributed by atoms with Crippen molar-refractivity contribution < 1.29 is 0 Å². The molecule has 0 unspecified atom stereocenters. The lowest BCUT2D eigenvalue weighted by Gasteiger charge is -2.09. The number of benzene rings is 1. The van der Waals surface area contributed by atoms with Crippen LogP contribution in [0.3, 0.4) is 0 Å². The third kappa shape index (κ3) is 3.33. The number of hydrogen-bond donors (Lipinski definition) is 1. The number of nitrogens with zero attached hydrogens (tertiary/aromatic N) is 1. The number of hydrogen-bond acceptors (Lipinski definition) is 1. The van der Waals surface area contributed by atoms with E-state index in [-0.39, 0.29) is 0 Å². The zero-order valence-electron chi connectivity index (χ0n) is 10.4. The Kier molecular flexibility index (Phi) is 4.24. The summed E-state index contributed by atoms with van der Waals surface area (Å²) >= 11 is 3.52. The van der Waals surface area contributed by atoms with Crippen molar-refractivity contribution in [1.82, 2.24) is 9.88 Å². The third-order valence-electron chi connectivity index (χ3n) is 2.82. The van der Waals surface area contributed by atoms with Crippen LogP contribution in [0.4, 0.5) is 0 Å². The lowest BCUT2D eigenvalue weighted by atomic mass is 10.2. The number of fused-ring (bicyclic) bond motifs is 1. The Hall–Kier alpha value is -0.800.